The lowest BCUT2D eigenvalue weighted by atomic mass is 9.88. The third-order valence-corrected chi connectivity index (χ3v) is 6.81. The van der Waals surface area contributed by atoms with Crippen molar-refractivity contribution < 1.29 is 4.74 Å². The first-order valence-electron chi connectivity index (χ1n) is 10.6. The topological polar surface area (TPSA) is 42.7 Å². The molecule has 6 heteroatoms. The lowest BCUT2D eigenvalue weighted by Gasteiger charge is -2.32. The number of hydrogen-bond donors (Lipinski definition) is 0. The van der Waals surface area contributed by atoms with Gasteiger partial charge in [0.1, 0.15) is 11.6 Å². The normalized spacial score (nSPS) is 18.4. The summed E-state index contributed by atoms with van der Waals surface area (Å²) in [5.74, 6) is 3.38. The van der Waals surface area contributed by atoms with Gasteiger partial charge in [-0.1, -0.05) is 29.8 Å². The summed E-state index contributed by atoms with van der Waals surface area (Å²) in [4.78, 5) is 2.49. The third kappa shape index (κ3) is 3.86. The van der Waals surface area contributed by atoms with E-state index in [1.807, 2.05) is 6.07 Å². The summed E-state index contributed by atoms with van der Waals surface area (Å²) in [6.45, 7) is 2.98. The van der Waals surface area contributed by atoms with Crippen LogP contribution in [0.2, 0.25) is 5.02 Å². The average molecular weight is 411 g/mol. The zero-order valence-corrected chi connectivity index (χ0v) is 17.6. The minimum absolute atomic E-state index is 0.557. The number of rotatable bonds is 6. The highest BCUT2D eigenvalue weighted by molar-refractivity contribution is 6.34. The molecule has 29 heavy (non-hydrogen) atoms. The number of para-hydroxylation sites is 1. The number of benzene rings is 1. The van der Waals surface area contributed by atoms with Gasteiger partial charge in [0, 0.05) is 19.2 Å². The van der Waals surface area contributed by atoms with Gasteiger partial charge >= 0.3 is 0 Å². The Morgan fingerprint density at radius 3 is 2.62 bits per heavy atom. The van der Waals surface area contributed by atoms with Crippen LogP contribution in [0.3, 0.4) is 0 Å². The first kappa shape index (κ1) is 18.9. The highest BCUT2D eigenvalue weighted by Gasteiger charge is 2.26. The van der Waals surface area contributed by atoms with E-state index in [2.05, 4.69) is 50.0 Å². The Balaban J connectivity index is 1.26. The summed E-state index contributed by atoms with van der Waals surface area (Å²) in [6.07, 6.45) is 7.99. The van der Waals surface area contributed by atoms with Crippen LogP contribution in [-0.4, -0.2) is 39.7 Å². The van der Waals surface area contributed by atoms with Crippen molar-refractivity contribution in [1.29, 1.82) is 0 Å². The molecule has 1 saturated carbocycles. The number of piperidine rings is 1. The molecule has 3 heterocycles. The van der Waals surface area contributed by atoms with Crippen molar-refractivity contribution in [3.8, 4) is 5.75 Å². The highest BCUT2D eigenvalue weighted by atomic mass is 35.5. The summed E-state index contributed by atoms with van der Waals surface area (Å²) >= 11 is 6.72. The number of nitrogens with zero attached hydrogens (tertiary/aromatic N) is 4. The van der Waals surface area contributed by atoms with Crippen molar-refractivity contribution >= 4 is 17.2 Å². The Morgan fingerprint density at radius 1 is 1.07 bits per heavy atom. The summed E-state index contributed by atoms with van der Waals surface area (Å²) in [6, 6.07) is 10.5. The van der Waals surface area contributed by atoms with Crippen LogP contribution in [0, 0.1) is 5.92 Å². The number of aromatic nitrogens is 3. The number of fused-ring (bicyclic) bond motifs is 1. The predicted molar refractivity (Wildman–Crippen MR) is 115 cm³/mol. The van der Waals surface area contributed by atoms with E-state index in [1.165, 1.54) is 18.4 Å². The number of hydrogen-bond acceptors (Lipinski definition) is 4. The smallest absolute Gasteiger partial charge is 0.179 e. The second-order valence-corrected chi connectivity index (χ2v) is 8.78. The Labute approximate surface area is 176 Å². The fourth-order valence-corrected chi connectivity index (χ4v) is 4.75. The van der Waals surface area contributed by atoms with E-state index in [0.717, 1.165) is 72.6 Å². The van der Waals surface area contributed by atoms with E-state index in [9.17, 15) is 0 Å². The van der Waals surface area contributed by atoms with Gasteiger partial charge in [0.2, 0.25) is 0 Å². The molecule has 0 bridgehead atoms. The molecule has 5 rings (SSSR count). The molecule has 1 aliphatic heterocycles. The number of ether oxygens (including phenoxy) is 1. The first-order chi connectivity index (χ1) is 14.2. The minimum atomic E-state index is 0.557. The predicted octanol–water partition coefficient (Wildman–Crippen LogP) is 4.72. The zero-order chi connectivity index (χ0) is 19.8. The van der Waals surface area contributed by atoms with Gasteiger partial charge in [-0.05, 0) is 73.9 Å². The molecule has 3 aromatic rings. The molecule has 2 fully saturated rings. The number of methoxy groups -OCH3 is 1. The summed E-state index contributed by atoms with van der Waals surface area (Å²) < 4.78 is 7.63. The van der Waals surface area contributed by atoms with Crippen molar-refractivity contribution in [3.63, 3.8) is 0 Å². The summed E-state index contributed by atoms with van der Waals surface area (Å²) in [5, 5.41) is 9.50. The quantitative estimate of drug-likeness (QED) is 0.589. The minimum Gasteiger partial charge on any atom is -0.496 e. The maximum absolute atomic E-state index is 6.72. The highest BCUT2D eigenvalue weighted by Crippen LogP contribution is 2.35. The van der Waals surface area contributed by atoms with E-state index < -0.39 is 0 Å². The Hall–Kier alpha value is -2.11. The monoisotopic (exact) mass is 410 g/mol. The molecule has 1 aliphatic carbocycles. The molecule has 0 amide bonds. The van der Waals surface area contributed by atoms with Crippen LogP contribution in [0.5, 0.6) is 5.75 Å². The van der Waals surface area contributed by atoms with Crippen molar-refractivity contribution in [1.82, 2.24) is 19.5 Å². The maximum Gasteiger partial charge on any atom is 0.179 e. The van der Waals surface area contributed by atoms with Crippen molar-refractivity contribution in [2.24, 2.45) is 5.92 Å². The van der Waals surface area contributed by atoms with E-state index >= 15 is 0 Å². The van der Waals surface area contributed by atoms with Crippen LogP contribution in [0.1, 0.15) is 48.6 Å². The van der Waals surface area contributed by atoms with Gasteiger partial charge in [-0.3, -0.25) is 9.30 Å². The summed E-state index contributed by atoms with van der Waals surface area (Å²) in [5.41, 5.74) is 3.27. The molecular weight excluding hydrogens is 384 g/mol. The molecule has 1 saturated heterocycles. The van der Waals surface area contributed by atoms with Gasteiger partial charge in [0.25, 0.3) is 0 Å². The third-order valence-electron chi connectivity index (χ3n) is 6.40. The van der Waals surface area contributed by atoms with Crippen LogP contribution in [0.15, 0.2) is 36.5 Å². The lowest BCUT2D eigenvalue weighted by molar-refractivity contribution is 0.203. The van der Waals surface area contributed by atoms with Crippen molar-refractivity contribution in [3.05, 3.63) is 58.5 Å². The lowest BCUT2D eigenvalue weighted by Crippen LogP contribution is -2.32. The fourth-order valence-electron chi connectivity index (χ4n) is 4.50. The molecule has 0 unspecified atom stereocenters. The Bertz CT molecular complexity index is 1010. The van der Waals surface area contributed by atoms with Crippen LogP contribution in [0.4, 0.5) is 0 Å². The zero-order valence-electron chi connectivity index (χ0n) is 16.9. The van der Waals surface area contributed by atoms with Crippen molar-refractivity contribution in [2.45, 2.75) is 44.6 Å². The molecule has 5 nitrogen and oxygen atoms in total. The Kier molecular flexibility index (Phi) is 5.18. The molecule has 0 radical (unpaired) electrons. The van der Waals surface area contributed by atoms with Gasteiger partial charge in [0.15, 0.2) is 5.65 Å². The molecule has 0 N–H and O–H groups in total. The standard InChI is InChI=1S/C23H27ClN4O/c1-29-20-5-3-2-4-19(20)17-8-11-27(12-9-17)15-18-10-13-28-21(14-16-6-7-16)25-26-23(28)22(18)24/h2-5,10,13,16-17H,6-9,11-12,14-15H2,1H3. The molecule has 1 aromatic carbocycles. The molecule has 152 valence electrons. The average Bonchev–Trinajstić information content (AvgIpc) is 3.49. The van der Waals surface area contributed by atoms with Gasteiger partial charge in [-0.25, -0.2) is 0 Å². The Morgan fingerprint density at radius 2 is 1.86 bits per heavy atom. The molecule has 2 aliphatic rings. The molecule has 0 spiro atoms. The van der Waals surface area contributed by atoms with E-state index in [1.54, 1.807) is 7.11 Å². The van der Waals surface area contributed by atoms with Gasteiger partial charge in [-0.2, -0.15) is 0 Å². The summed E-state index contributed by atoms with van der Waals surface area (Å²) in [7, 11) is 1.76. The van der Waals surface area contributed by atoms with Crippen LogP contribution >= 0.6 is 11.6 Å². The molecule has 2 aromatic heterocycles. The van der Waals surface area contributed by atoms with Crippen LogP contribution < -0.4 is 4.74 Å². The molecular formula is C23H27ClN4O. The van der Waals surface area contributed by atoms with Crippen LogP contribution in [0.25, 0.3) is 5.65 Å². The van der Waals surface area contributed by atoms with Gasteiger partial charge < -0.3 is 4.74 Å². The van der Waals surface area contributed by atoms with Crippen molar-refractivity contribution in [2.75, 3.05) is 20.2 Å². The van der Waals surface area contributed by atoms with E-state index in [4.69, 9.17) is 16.3 Å². The van der Waals surface area contributed by atoms with Gasteiger partial charge in [0.05, 0.1) is 12.1 Å². The van der Waals surface area contributed by atoms with E-state index in [-0.39, 0.29) is 0 Å². The number of halogens is 1. The maximum atomic E-state index is 6.72. The number of pyridine rings is 1. The van der Waals surface area contributed by atoms with Gasteiger partial charge in [-0.15, -0.1) is 10.2 Å². The van der Waals surface area contributed by atoms with Crippen LogP contribution in [-0.2, 0) is 13.0 Å². The molecule has 0 atom stereocenters. The second kappa shape index (κ2) is 7.96. The second-order valence-electron chi connectivity index (χ2n) is 8.40. The fraction of sp³-hybridized carbons (Fsp3) is 0.478. The van der Waals surface area contributed by atoms with E-state index in [0.29, 0.717) is 5.92 Å². The largest absolute Gasteiger partial charge is 0.496 e. The first-order valence-corrected chi connectivity index (χ1v) is 11.0. The SMILES string of the molecule is COc1ccccc1C1CCN(Cc2ccn3c(CC4CC4)nnc3c2Cl)CC1. The number of likely N-dealkylation sites (tertiary alicyclic amines) is 1.